The van der Waals surface area contributed by atoms with E-state index >= 15 is 0 Å². The highest BCUT2D eigenvalue weighted by Crippen LogP contribution is 1.94. The van der Waals surface area contributed by atoms with Crippen LogP contribution in [0.2, 0.25) is 0 Å². The molecule has 0 saturated carbocycles. The Morgan fingerprint density at radius 2 is 1.23 bits per heavy atom. The second-order valence-corrected chi connectivity index (χ2v) is 6.51. The first kappa shape index (κ1) is 24.2. The van der Waals surface area contributed by atoms with Crippen LogP contribution in [0.5, 0.6) is 0 Å². The van der Waals surface area contributed by atoms with Crippen molar-refractivity contribution in [2.75, 3.05) is 65.4 Å². The summed E-state index contributed by atoms with van der Waals surface area (Å²) in [6.45, 7) is 7.27. The molecule has 10 heteroatoms. The predicted molar refractivity (Wildman–Crippen MR) is 96.4 cm³/mol. The first-order valence-electron chi connectivity index (χ1n) is 8.72. The van der Waals surface area contributed by atoms with E-state index in [1.165, 1.54) is 0 Å². The lowest BCUT2D eigenvalue weighted by molar-refractivity contribution is -0.140. The molecule has 10 nitrogen and oxygen atoms in total. The van der Waals surface area contributed by atoms with Crippen LogP contribution < -0.4 is 10.6 Å². The van der Waals surface area contributed by atoms with E-state index in [0.717, 1.165) is 6.54 Å². The third kappa shape index (κ3) is 15.8. The van der Waals surface area contributed by atoms with Crippen molar-refractivity contribution in [2.24, 2.45) is 5.92 Å². The molecule has 0 atom stereocenters. The predicted octanol–water partition coefficient (Wildman–Crippen LogP) is -1.32. The average Bonchev–Trinajstić information content (AvgIpc) is 2.51. The highest BCUT2D eigenvalue weighted by atomic mass is 16.4. The highest BCUT2D eigenvalue weighted by Gasteiger charge is 2.14. The van der Waals surface area contributed by atoms with Gasteiger partial charge < -0.3 is 26.0 Å². The van der Waals surface area contributed by atoms with Crippen molar-refractivity contribution in [3.63, 3.8) is 0 Å². The number of nitrogens with zero attached hydrogens (tertiary/aromatic N) is 2. The van der Waals surface area contributed by atoms with Crippen LogP contribution in [-0.2, 0) is 14.4 Å². The van der Waals surface area contributed by atoms with E-state index in [9.17, 15) is 14.4 Å². The molecule has 0 fully saturated rings. The number of carboxylic acid groups (broad SMARTS) is 3. The zero-order valence-corrected chi connectivity index (χ0v) is 15.6. The van der Waals surface area contributed by atoms with Gasteiger partial charge >= 0.3 is 17.9 Å². The van der Waals surface area contributed by atoms with Crippen molar-refractivity contribution in [2.45, 2.75) is 13.8 Å². The molecule has 0 spiro atoms. The first-order chi connectivity index (χ1) is 12.2. The lowest BCUT2D eigenvalue weighted by Crippen LogP contribution is -2.44. The average molecular weight is 376 g/mol. The summed E-state index contributed by atoms with van der Waals surface area (Å²) in [6, 6.07) is 0. The normalized spacial score (nSPS) is 11.4. The Labute approximate surface area is 154 Å². The van der Waals surface area contributed by atoms with Gasteiger partial charge in [-0.15, -0.1) is 0 Å². The van der Waals surface area contributed by atoms with Crippen LogP contribution in [0, 0.1) is 5.92 Å². The standard InChI is InChI=1S/C16H32N4O6/c1-13(2)9-17-3-5-19(11-15(23)24)7-8-20(12-16(25)26)6-4-18-10-14(21)22/h13,17-18H,3-12H2,1-2H3,(H,21,22)(H,23,24)(H,25,26). The van der Waals surface area contributed by atoms with Crippen LogP contribution in [0.1, 0.15) is 13.8 Å². The number of carboxylic acids is 3. The Morgan fingerprint density at radius 1 is 0.769 bits per heavy atom. The Bertz CT molecular complexity index is 433. The number of aliphatic carboxylic acids is 3. The largest absolute Gasteiger partial charge is 0.480 e. The van der Waals surface area contributed by atoms with E-state index in [1.54, 1.807) is 9.80 Å². The fraction of sp³-hybridized carbons (Fsp3) is 0.812. The Hall–Kier alpha value is -1.75. The summed E-state index contributed by atoms with van der Waals surface area (Å²) in [6.07, 6.45) is 0. The van der Waals surface area contributed by atoms with Crippen molar-refractivity contribution in [1.82, 2.24) is 20.4 Å². The maximum Gasteiger partial charge on any atom is 0.317 e. The summed E-state index contributed by atoms with van der Waals surface area (Å²) < 4.78 is 0. The molecule has 152 valence electrons. The van der Waals surface area contributed by atoms with Gasteiger partial charge in [-0.2, -0.15) is 0 Å². The van der Waals surface area contributed by atoms with Gasteiger partial charge in [0, 0.05) is 39.3 Å². The summed E-state index contributed by atoms with van der Waals surface area (Å²) >= 11 is 0. The van der Waals surface area contributed by atoms with Gasteiger partial charge in [-0.25, -0.2) is 0 Å². The molecule has 0 bridgehead atoms. The van der Waals surface area contributed by atoms with Crippen LogP contribution in [0.15, 0.2) is 0 Å². The second-order valence-electron chi connectivity index (χ2n) is 6.51. The van der Waals surface area contributed by atoms with Gasteiger partial charge in [0.1, 0.15) is 0 Å². The maximum atomic E-state index is 11.0. The Balaban J connectivity index is 4.39. The molecule has 0 saturated heterocycles. The molecule has 0 rings (SSSR count). The molecule has 0 unspecified atom stereocenters. The second kappa shape index (κ2) is 14.4. The molecule has 5 N–H and O–H groups in total. The van der Waals surface area contributed by atoms with Crippen LogP contribution in [0.3, 0.4) is 0 Å². The Kier molecular flexibility index (Phi) is 13.5. The molecule has 0 aromatic heterocycles. The van der Waals surface area contributed by atoms with Gasteiger partial charge in [-0.1, -0.05) is 13.8 Å². The summed E-state index contributed by atoms with van der Waals surface area (Å²) in [5, 5.41) is 32.6. The molecule has 0 aliphatic heterocycles. The van der Waals surface area contributed by atoms with E-state index in [1.807, 2.05) is 0 Å². The van der Waals surface area contributed by atoms with Gasteiger partial charge in [-0.3, -0.25) is 24.2 Å². The highest BCUT2D eigenvalue weighted by molar-refractivity contribution is 5.69. The third-order valence-corrected chi connectivity index (χ3v) is 3.49. The molecule has 0 aromatic carbocycles. The molecule has 0 amide bonds. The minimum atomic E-state index is -0.980. The van der Waals surface area contributed by atoms with Crippen LogP contribution in [0.25, 0.3) is 0 Å². The quantitative estimate of drug-likeness (QED) is 0.194. The molecule has 0 aliphatic rings. The minimum absolute atomic E-state index is 0.110. The lowest BCUT2D eigenvalue weighted by Gasteiger charge is -2.26. The summed E-state index contributed by atoms with van der Waals surface area (Å²) in [4.78, 5) is 35.9. The molecule has 0 aromatic rings. The van der Waals surface area contributed by atoms with Gasteiger partial charge in [0.05, 0.1) is 19.6 Å². The fourth-order valence-corrected chi connectivity index (χ4v) is 2.27. The van der Waals surface area contributed by atoms with Crippen molar-refractivity contribution in [3.05, 3.63) is 0 Å². The first-order valence-corrected chi connectivity index (χ1v) is 8.72. The molecule has 0 heterocycles. The summed E-state index contributed by atoms with van der Waals surface area (Å²) in [5.41, 5.74) is 0. The number of nitrogens with one attached hydrogen (secondary N) is 2. The topological polar surface area (TPSA) is 142 Å². The van der Waals surface area contributed by atoms with Gasteiger partial charge in [-0.05, 0) is 12.5 Å². The molecule has 26 heavy (non-hydrogen) atoms. The van der Waals surface area contributed by atoms with E-state index in [4.69, 9.17) is 15.3 Å². The minimum Gasteiger partial charge on any atom is -0.480 e. The van der Waals surface area contributed by atoms with Crippen molar-refractivity contribution in [3.8, 4) is 0 Å². The van der Waals surface area contributed by atoms with E-state index < -0.39 is 17.9 Å². The van der Waals surface area contributed by atoms with Gasteiger partial charge in [0.25, 0.3) is 0 Å². The molecule has 0 radical (unpaired) electrons. The molecular weight excluding hydrogens is 344 g/mol. The van der Waals surface area contributed by atoms with E-state index in [2.05, 4.69) is 24.5 Å². The monoisotopic (exact) mass is 376 g/mol. The fourth-order valence-electron chi connectivity index (χ4n) is 2.27. The number of hydrogen-bond acceptors (Lipinski definition) is 7. The lowest BCUT2D eigenvalue weighted by atomic mass is 10.2. The van der Waals surface area contributed by atoms with Gasteiger partial charge in [0.2, 0.25) is 0 Å². The van der Waals surface area contributed by atoms with Crippen molar-refractivity contribution in [1.29, 1.82) is 0 Å². The smallest absolute Gasteiger partial charge is 0.317 e. The Morgan fingerprint density at radius 3 is 1.62 bits per heavy atom. The molecule has 0 aliphatic carbocycles. The summed E-state index contributed by atoms with van der Waals surface area (Å²) in [5.74, 6) is -2.38. The maximum absolute atomic E-state index is 11.0. The SMILES string of the molecule is CC(C)CNCCN(CCN(CCNCC(=O)O)CC(=O)O)CC(=O)O. The zero-order chi connectivity index (χ0) is 19.9. The van der Waals surface area contributed by atoms with E-state index in [0.29, 0.717) is 45.2 Å². The third-order valence-electron chi connectivity index (χ3n) is 3.49. The van der Waals surface area contributed by atoms with Crippen LogP contribution in [0.4, 0.5) is 0 Å². The van der Waals surface area contributed by atoms with Crippen molar-refractivity contribution >= 4 is 17.9 Å². The molecular formula is C16H32N4O6. The summed E-state index contributed by atoms with van der Waals surface area (Å²) in [7, 11) is 0. The zero-order valence-electron chi connectivity index (χ0n) is 15.6. The van der Waals surface area contributed by atoms with Crippen LogP contribution in [-0.4, -0.2) is 108 Å². The number of rotatable bonds is 17. The number of hydrogen-bond donors (Lipinski definition) is 5. The van der Waals surface area contributed by atoms with E-state index in [-0.39, 0.29) is 19.6 Å². The number of carbonyl (C=O) groups is 3. The van der Waals surface area contributed by atoms with Gasteiger partial charge in [0.15, 0.2) is 0 Å². The van der Waals surface area contributed by atoms with Crippen LogP contribution >= 0.6 is 0 Å². The van der Waals surface area contributed by atoms with Crippen molar-refractivity contribution < 1.29 is 29.7 Å².